The van der Waals surface area contributed by atoms with E-state index < -0.39 is 30.0 Å². The van der Waals surface area contributed by atoms with Gasteiger partial charge in [-0.25, -0.2) is 5.26 Å². The Balaban J connectivity index is 2.90. The molecular weight excluding hydrogens is 320 g/mol. The summed E-state index contributed by atoms with van der Waals surface area (Å²) < 4.78 is 59.0. The van der Waals surface area contributed by atoms with Crippen LogP contribution in [0.4, 0.5) is 0 Å². The Morgan fingerprint density at radius 3 is 2.00 bits per heavy atom. The molecule has 0 amide bonds. The van der Waals surface area contributed by atoms with Crippen LogP contribution in [0.3, 0.4) is 0 Å². The van der Waals surface area contributed by atoms with Crippen LogP contribution < -0.4 is 0 Å². The van der Waals surface area contributed by atoms with Gasteiger partial charge in [0.1, 0.15) is 9.79 Å². The molecule has 0 aliphatic carbocycles. The third-order valence-corrected chi connectivity index (χ3v) is 4.85. The monoisotopic (exact) mass is 330 g/mol. The Bertz CT molecular complexity index is 856. The smallest absolute Gasteiger partial charge is 0.282 e. The SMILES string of the molecule is O=S(=O)(O)c1c(-c2ccccc2)cccc1S(=O)(=O)OO. The largest absolute Gasteiger partial charge is 0.324 e. The fraction of sp³-hybridized carbons (Fsp3) is 0. The van der Waals surface area contributed by atoms with Crippen molar-refractivity contribution >= 4 is 20.2 Å². The van der Waals surface area contributed by atoms with Crippen molar-refractivity contribution in [2.75, 3.05) is 0 Å². The standard InChI is InChI=1S/C12H10O7S2/c13-19-21(17,18)11-8-4-7-10(12(11)20(14,15)16)9-5-2-1-3-6-9/h1-8,13H,(H,14,15,16). The lowest BCUT2D eigenvalue weighted by Crippen LogP contribution is -2.12. The molecule has 2 aromatic rings. The molecule has 0 aliphatic rings. The minimum absolute atomic E-state index is 0.0313. The normalized spacial score (nSPS) is 12.3. The van der Waals surface area contributed by atoms with Crippen LogP contribution in [0, 0.1) is 0 Å². The van der Waals surface area contributed by atoms with E-state index in [1.54, 1.807) is 30.3 Å². The molecule has 2 aromatic carbocycles. The summed E-state index contributed by atoms with van der Waals surface area (Å²) in [6.07, 6.45) is 0. The molecule has 2 rings (SSSR count). The molecule has 0 heterocycles. The van der Waals surface area contributed by atoms with Gasteiger partial charge in [0.15, 0.2) is 0 Å². The van der Waals surface area contributed by atoms with Crippen molar-refractivity contribution in [2.24, 2.45) is 0 Å². The maximum absolute atomic E-state index is 11.6. The number of rotatable bonds is 4. The van der Waals surface area contributed by atoms with Gasteiger partial charge in [-0.05, 0) is 11.6 Å². The predicted molar refractivity (Wildman–Crippen MR) is 72.6 cm³/mol. The molecule has 21 heavy (non-hydrogen) atoms. The first kappa shape index (κ1) is 15.6. The summed E-state index contributed by atoms with van der Waals surface area (Å²) in [5, 5.41) is 8.43. The van der Waals surface area contributed by atoms with Crippen LogP contribution in [0.5, 0.6) is 0 Å². The number of hydrogen-bond acceptors (Lipinski definition) is 6. The van der Waals surface area contributed by atoms with Crippen molar-refractivity contribution in [1.82, 2.24) is 0 Å². The molecule has 0 saturated heterocycles. The highest BCUT2D eigenvalue weighted by Crippen LogP contribution is 2.32. The van der Waals surface area contributed by atoms with Gasteiger partial charge in [0.2, 0.25) is 0 Å². The van der Waals surface area contributed by atoms with Crippen LogP contribution in [-0.2, 0) is 24.6 Å². The van der Waals surface area contributed by atoms with Crippen LogP contribution in [0.15, 0.2) is 58.3 Å². The van der Waals surface area contributed by atoms with Gasteiger partial charge in [-0.1, -0.05) is 42.5 Å². The average Bonchev–Trinajstić information content (AvgIpc) is 2.46. The fourth-order valence-electron chi connectivity index (χ4n) is 1.86. The Morgan fingerprint density at radius 2 is 1.48 bits per heavy atom. The molecule has 7 nitrogen and oxygen atoms in total. The van der Waals surface area contributed by atoms with Crippen molar-refractivity contribution in [3.05, 3.63) is 48.5 Å². The van der Waals surface area contributed by atoms with Gasteiger partial charge in [-0.2, -0.15) is 16.8 Å². The fourth-order valence-corrected chi connectivity index (χ4v) is 3.93. The molecule has 0 atom stereocenters. The molecule has 0 radical (unpaired) electrons. The molecule has 0 bridgehead atoms. The van der Waals surface area contributed by atoms with Gasteiger partial charge in [-0.15, -0.1) is 4.33 Å². The van der Waals surface area contributed by atoms with Gasteiger partial charge in [0.05, 0.1) is 0 Å². The summed E-state index contributed by atoms with van der Waals surface area (Å²) in [5.41, 5.74) is 0.344. The van der Waals surface area contributed by atoms with E-state index in [0.717, 1.165) is 6.07 Å². The first-order chi connectivity index (χ1) is 9.77. The van der Waals surface area contributed by atoms with Crippen LogP contribution in [0.1, 0.15) is 0 Å². The summed E-state index contributed by atoms with van der Waals surface area (Å²) in [6.45, 7) is 0. The molecule has 112 valence electrons. The molecular formula is C12H10O7S2. The van der Waals surface area contributed by atoms with Crippen LogP contribution in [0.25, 0.3) is 11.1 Å². The van der Waals surface area contributed by atoms with E-state index in [1.165, 1.54) is 12.1 Å². The Hall–Kier alpha value is -1.78. The summed E-state index contributed by atoms with van der Waals surface area (Å²) in [6, 6.07) is 11.5. The second-order valence-corrected chi connectivity index (χ2v) is 6.86. The highest BCUT2D eigenvalue weighted by atomic mass is 32.2. The van der Waals surface area contributed by atoms with Gasteiger partial charge < -0.3 is 0 Å². The first-order valence-corrected chi connectivity index (χ1v) is 8.36. The summed E-state index contributed by atoms with van der Waals surface area (Å²) >= 11 is 0. The Kier molecular flexibility index (Phi) is 4.12. The zero-order valence-electron chi connectivity index (χ0n) is 10.4. The maximum atomic E-state index is 11.6. The van der Waals surface area contributed by atoms with Gasteiger partial charge >= 0.3 is 10.1 Å². The molecule has 0 saturated carbocycles. The highest BCUT2D eigenvalue weighted by molar-refractivity contribution is 7.89. The highest BCUT2D eigenvalue weighted by Gasteiger charge is 2.29. The third-order valence-electron chi connectivity index (χ3n) is 2.69. The van der Waals surface area contributed by atoms with Crippen molar-refractivity contribution in [1.29, 1.82) is 0 Å². The summed E-state index contributed by atoms with van der Waals surface area (Å²) in [5.74, 6) is 0. The van der Waals surface area contributed by atoms with E-state index in [2.05, 4.69) is 4.33 Å². The molecule has 2 N–H and O–H groups in total. The topological polar surface area (TPSA) is 118 Å². The first-order valence-electron chi connectivity index (χ1n) is 5.51. The summed E-state index contributed by atoms with van der Waals surface area (Å²) in [7, 11) is -9.60. The lowest BCUT2D eigenvalue weighted by molar-refractivity contribution is -0.130. The van der Waals surface area contributed by atoms with Gasteiger partial charge in [-0.3, -0.25) is 4.55 Å². The second-order valence-electron chi connectivity index (χ2n) is 4.00. The van der Waals surface area contributed by atoms with Crippen molar-refractivity contribution < 1.29 is 31.0 Å². The Morgan fingerprint density at radius 1 is 0.857 bits per heavy atom. The lowest BCUT2D eigenvalue weighted by Gasteiger charge is -2.11. The predicted octanol–water partition coefficient (Wildman–Crippen LogP) is 1.78. The molecule has 0 aromatic heterocycles. The average molecular weight is 330 g/mol. The van der Waals surface area contributed by atoms with E-state index >= 15 is 0 Å². The zero-order chi connectivity index (χ0) is 15.7. The van der Waals surface area contributed by atoms with Crippen LogP contribution in [-0.4, -0.2) is 26.6 Å². The number of hydrogen-bond donors (Lipinski definition) is 2. The minimum atomic E-state index is -4.88. The minimum Gasteiger partial charge on any atom is -0.282 e. The second kappa shape index (κ2) is 5.54. The van der Waals surface area contributed by atoms with Crippen LogP contribution >= 0.6 is 0 Å². The Labute approximate surface area is 121 Å². The van der Waals surface area contributed by atoms with Crippen molar-refractivity contribution in [3.63, 3.8) is 0 Å². The summed E-state index contributed by atoms with van der Waals surface area (Å²) in [4.78, 5) is -1.71. The molecule has 0 fully saturated rings. The van der Waals surface area contributed by atoms with E-state index in [4.69, 9.17) is 5.26 Å². The molecule has 0 aliphatic heterocycles. The quantitative estimate of drug-likeness (QED) is 0.498. The zero-order valence-corrected chi connectivity index (χ0v) is 12.0. The van der Waals surface area contributed by atoms with Crippen LogP contribution in [0.2, 0.25) is 0 Å². The number of benzene rings is 2. The van der Waals surface area contributed by atoms with Crippen molar-refractivity contribution in [3.8, 4) is 11.1 Å². The van der Waals surface area contributed by atoms with E-state index in [9.17, 15) is 21.4 Å². The van der Waals surface area contributed by atoms with E-state index in [0.29, 0.717) is 5.56 Å². The van der Waals surface area contributed by atoms with E-state index in [-0.39, 0.29) is 5.56 Å². The van der Waals surface area contributed by atoms with Gasteiger partial charge in [0.25, 0.3) is 10.1 Å². The molecule has 0 spiro atoms. The third kappa shape index (κ3) is 3.12. The van der Waals surface area contributed by atoms with E-state index in [1.807, 2.05) is 0 Å². The van der Waals surface area contributed by atoms with Crippen molar-refractivity contribution in [2.45, 2.75) is 9.79 Å². The lowest BCUT2D eigenvalue weighted by atomic mass is 10.1. The molecule has 9 heteroatoms. The molecule has 0 unspecified atom stereocenters. The van der Waals surface area contributed by atoms with Gasteiger partial charge in [0, 0.05) is 5.56 Å². The maximum Gasteiger partial charge on any atom is 0.324 e.